The van der Waals surface area contributed by atoms with Gasteiger partial charge in [-0.15, -0.1) is 11.3 Å². The molecular formula is C27H22N2O2S. The van der Waals surface area contributed by atoms with Gasteiger partial charge in [0, 0.05) is 45.1 Å². The van der Waals surface area contributed by atoms with E-state index in [1.165, 1.54) is 25.7 Å². The van der Waals surface area contributed by atoms with Gasteiger partial charge in [-0.2, -0.15) is 0 Å². The van der Waals surface area contributed by atoms with E-state index in [9.17, 15) is 9.59 Å². The van der Waals surface area contributed by atoms with Crippen LogP contribution in [0.5, 0.6) is 0 Å². The number of thiophene rings is 1. The van der Waals surface area contributed by atoms with Crippen LogP contribution in [0.2, 0.25) is 0 Å². The average Bonchev–Trinajstić information content (AvgIpc) is 3.15. The summed E-state index contributed by atoms with van der Waals surface area (Å²) >= 11 is 1.83. The molecule has 0 saturated carbocycles. The standard InChI is InChI=1S/C27H22N2O2S/c1-17-13-24(30)23(27(31)28-17)14-18-7-10-20(11-8-18)29(2)16-19-9-12-26-22(15-19)21-5-3-4-6-25(21)32-26/h3-12,14-15H,1,13,16H2,2H3,(H,28,31)/b23-14+. The number of fused-ring (bicyclic) bond motifs is 3. The predicted molar refractivity (Wildman–Crippen MR) is 133 cm³/mol. The number of carbonyl (C=O) groups excluding carboxylic acids is 2. The third kappa shape index (κ3) is 3.83. The van der Waals surface area contributed by atoms with Crippen LogP contribution < -0.4 is 10.2 Å². The van der Waals surface area contributed by atoms with Crippen molar-refractivity contribution in [2.45, 2.75) is 13.0 Å². The Morgan fingerprint density at radius 1 is 1.00 bits per heavy atom. The highest BCUT2D eigenvalue weighted by Crippen LogP contribution is 2.34. The van der Waals surface area contributed by atoms with E-state index in [1.807, 2.05) is 35.6 Å². The number of Topliss-reactive ketones (excluding diaryl/α,β-unsaturated/α-hetero) is 1. The number of hydrogen-bond acceptors (Lipinski definition) is 4. The zero-order valence-electron chi connectivity index (χ0n) is 17.7. The SMILES string of the molecule is C=C1CC(=O)/C(=C\c2ccc(N(C)Cc3ccc4sc5ccccc5c4c3)cc2)C(=O)N1. The van der Waals surface area contributed by atoms with Crippen LogP contribution in [-0.2, 0) is 16.1 Å². The number of allylic oxidation sites excluding steroid dienone is 1. The van der Waals surface area contributed by atoms with Crippen LogP contribution in [0.25, 0.3) is 26.2 Å². The largest absolute Gasteiger partial charge is 0.370 e. The first-order chi connectivity index (χ1) is 15.5. The lowest BCUT2D eigenvalue weighted by molar-refractivity contribution is -0.123. The molecule has 0 spiro atoms. The maximum atomic E-state index is 12.2. The molecule has 1 N–H and O–H groups in total. The number of nitrogens with one attached hydrogen (secondary N) is 1. The van der Waals surface area contributed by atoms with Crippen molar-refractivity contribution in [1.29, 1.82) is 0 Å². The third-order valence-electron chi connectivity index (χ3n) is 5.72. The second kappa shape index (κ2) is 8.09. The van der Waals surface area contributed by atoms with E-state index in [4.69, 9.17) is 0 Å². The summed E-state index contributed by atoms with van der Waals surface area (Å²) in [5.74, 6) is -0.583. The summed E-state index contributed by atoms with van der Waals surface area (Å²) in [6.45, 7) is 4.45. The van der Waals surface area contributed by atoms with Gasteiger partial charge in [0.05, 0.1) is 12.0 Å². The number of rotatable bonds is 4. The van der Waals surface area contributed by atoms with E-state index in [0.29, 0.717) is 5.70 Å². The second-order valence-electron chi connectivity index (χ2n) is 8.09. The monoisotopic (exact) mass is 438 g/mol. The van der Waals surface area contributed by atoms with Crippen LogP contribution >= 0.6 is 11.3 Å². The van der Waals surface area contributed by atoms with E-state index in [1.54, 1.807) is 6.08 Å². The van der Waals surface area contributed by atoms with Gasteiger partial charge in [-0.1, -0.05) is 43.0 Å². The quantitative estimate of drug-likeness (QED) is 0.330. The molecule has 158 valence electrons. The van der Waals surface area contributed by atoms with Crippen molar-refractivity contribution in [3.8, 4) is 0 Å². The maximum absolute atomic E-state index is 12.2. The van der Waals surface area contributed by atoms with Gasteiger partial charge >= 0.3 is 0 Å². The Hall–Kier alpha value is -3.70. The van der Waals surface area contributed by atoms with Crippen molar-refractivity contribution in [2.24, 2.45) is 0 Å². The van der Waals surface area contributed by atoms with Crippen molar-refractivity contribution in [3.63, 3.8) is 0 Å². The Bertz CT molecular complexity index is 1390. The van der Waals surface area contributed by atoms with Gasteiger partial charge in [-0.3, -0.25) is 9.59 Å². The Kier molecular flexibility index (Phi) is 5.11. The molecule has 0 atom stereocenters. The van der Waals surface area contributed by atoms with Gasteiger partial charge in [0.1, 0.15) is 0 Å². The molecule has 0 aliphatic carbocycles. The smallest absolute Gasteiger partial charge is 0.259 e. The van der Waals surface area contributed by atoms with E-state index >= 15 is 0 Å². The fourth-order valence-electron chi connectivity index (χ4n) is 4.06. The predicted octanol–water partition coefficient (Wildman–Crippen LogP) is 5.68. The summed E-state index contributed by atoms with van der Waals surface area (Å²) < 4.78 is 2.62. The van der Waals surface area contributed by atoms with Crippen LogP contribution in [0.4, 0.5) is 5.69 Å². The second-order valence-corrected chi connectivity index (χ2v) is 9.18. The molecule has 4 nitrogen and oxygen atoms in total. The van der Waals surface area contributed by atoms with Crippen LogP contribution in [0.15, 0.2) is 84.6 Å². The van der Waals surface area contributed by atoms with E-state index in [-0.39, 0.29) is 23.7 Å². The molecule has 5 rings (SSSR count). The molecule has 4 aromatic rings. The molecule has 32 heavy (non-hydrogen) atoms. The lowest BCUT2D eigenvalue weighted by Crippen LogP contribution is -2.34. The van der Waals surface area contributed by atoms with Gasteiger partial charge in [-0.25, -0.2) is 0 Å². The molecule has 0 bridgehead atoms. The van der Waals surface area contributed by atoms with E-state index in [2.05, 4.69) is 66.3 Å². The Labute approximate surface area is 190 Å². The lowest BCUT2D eigenvalue weighted by atomic mass is 9.99. The first kappa shape index (κ1) is 20.2. The number of carbonyl (C=O) groups is 2. The van der Waals surface area contributed by atoms with Crippen LogP contribution in [0.3, 0.4) is 0 Å². The molecule has 0 unspecified atom stereocenters. The van der Waals surface area contributed by atoms with Crippen molar-refractivity contribution >= 4 is 55.0 Å². The fourth-order valence-corrected chi connectivity index (χ4v) is 5.15. The average molecular weight is 439 g/mol. The Balaban J connectivity index is 1.35. The molecule has 1 aliphatic heterocycles. The number of anilines is 1. The molecule has 1 fully saturated rings. The molecular weight excluding hydrogens is 416 g/mol. The number of nitrogens with zero attached hydrogens (tertiary/aromatic N) is 1. The Morgan fingerprint density at radius 2 is 1.75 bits per heavy atom. The summed E-state index contributed by atoms with van der Waals surface area (Å²) in [6, 6.07) is 23.1. The van der Waals surface area contributed by atoms with Gasteiger partial charge in [0.15, 0.2) is 5.78 Å². The number of benzene rings is 3. The zero-order valence-corrected chi connectivity index (χ0v) is 18.5. The summed E-state index contributed by atoms with van der Waals surface area (Å²) in [6.07, 6.45) is 1.80. The molecule has 1 amide bonds. The number of hydrogen-bond donors (Lipinski definition) is 1. The first-order valence-corrected chi connectivity index (χ1v) is 11.2. The summed E-state index contributed by atoms with van der Waals surface area (Å²) in [5, 5.41) is 5.24. The van der Waals surface area contributed by atoms with Crippen LogP contribution in [-0.4, -0.2) is 18.7 Å². The van der Waals surface area contributed by atoms with E-state index in [0.717, 1.165) is 17.8 Å². The maximum Gasteiger partial charge on any atom is 0.259 e. The number of piperidine rings is 1. The topological polar surface area (TPSA) is 49.4 Å². The third-order valence-corrected chi connectivity index (χ3v) is 6.87. The molecule has 1 aromatic heterocycles. The zero-order chi connectivity index (χ0) is 22.2. The van der Waals surface area contributed by atoms with Gasteiger partial charge in [0.25, 0.3) is 5.91 Å². The highest BCUT2D eigenvalue weighted by Gasteiger charge is 2.24. The van der Waals surface area contributed by atoms with Crippen molar-refractivity contribution in [1.82, 2.24) is 5.32 Å². The molecule has 1 aliphatic rings. The lowest BCUT2D eigenvalue weighted by Gasteiger charge is -2.20. The highest BCUT2D eigenvalue weighted by molar-refractivity contribution is 7.25. The minimum atomic E-state index is -0.385. The minimum Gasteiger partial charge on any atom is -0.370 e. The minimum absolute atomic E-state index is 0.155. The van der Waals surface area contributed by atoms with Crippen molar-refractivity contribution < 1.29 is 9.59 Å². The van der Waals surface area contributed by atoms with Crippen molar-refractivity contribution in [3.05, 3.63) is 95.7 Å². The molecule has 1 saturated heterocycles. The molecule has 0 radical (unpaired) electrons. The fraction of sp³-hybridized carbons (Fsp3) is 0.111. The van der Waals surface area contributed by atoms with Crippen LogP contribution in [0, 0.1) is 0 Å². The summed E-state index contributed by atoms with van der Waals surface area (Å²) in [5.41, 5.74) is 3.76. The number of ketones is 1. The van der Waals surface area contributed by atoms with E-state index < -0.39 is 0 Å². The van der Waals surface area contributed by atoms with Gasteiger partial charge in [0.2, 0.25) is 0 Å². The summed E-state index contributed by atoms with van der Waals surface area (Å²) in [4.78, 5) is 26.4. The highest BCUT2D eigenvalue weighted by atomic mass is 32.1. The molecule has 3 aromatic carbocycles. The molecule has 5 heteroatoms. The van der Waals surface area contributed by atoms with Gasteiger partial charge in [-0.05, 0) is 47.5 Å². The number of amides is 1. The summed E-state index contributed by atoms with van der Waals surface area (Å²) in [7, 11) is 2.06. The van der Waals surface area contributed by atoms with Crippen LogP contribution in [0.1, 0.15) is 17.5 Å². The first-order valence-electron chi connectivity index (χ1n) is 10.4. The molecule has 2 heterocycles. The van der Waals surface area contributed by atoms with Gasteiger partial charge < -0.3 is 10.2 Å². The van der Waals surface area contributed by atoms with Crippen molar-refractivity contribution in [2.75, 3.05) is 11.9 Å². The normalized spacial score (nSPS) is 15.5. The Morgan fingerprint density at radius 3 is 2.53 bits per heavy atom.